The van der Waals surface area contributed by atoms with Crippen LogP contribution in [0.2, 0.25) is 9.62 Å². The quantitative estimate of drug-likeness (QED) is 0.136. The van der Waals surface area contributed by atoms with Crippen LogP contribution in [0, 0.1) is 11.3 Å². The Balaban J connectivity index is 0.000000428. The van der Waals surface area contributed by atoms with Gasteiger partial charge in [0.05, 0.1) is 17.6 Å². The van der Waals surface area contributed by atoms with Gasteiger partial charge in [0.1, 0.15) is 17.2 Å². The first-order valence-corrected chi connectivity index (χ1v) is 26.0. The number of aromatic nitrogens is 9. The number of rotatable bonds is 0. The second kappa shape index (κ2) is 28.0. The molecule has 0 amide bonds. The van der Waals surface area contributed by atoms with Crippen LogP contribution < -0.4 is 0 Å². The van der Waals surface area contributed by atoms with Gasteiger partial charge in [0.15, 0.2) is 4.47 Å². The highest BCUT2D eigenvalue weighted by Gasteiger charge is 2.37. The van der Waals surface area contributed by atoms with Crippen LogP contribution in [-0.4, -0.2) is 57.8 Å². The predicted molar refractivity (Wildman–Crippen MR) is 296 cm³/mol. The number of pyridine rings is 1. The number of hydrogen-bond acceptors (Lipinski definition) is 11. The summed E-state index contributed by atoms with van der Waals surface area (Å²) in [6.45, 7) is 46.3. The Morgan fingerprint density at radius 1 is 0.589 bits per heavy atom. The Hall–Kier alpha value is -4.31. The molecule has 17 heteroatoms. The number of thiazole rings is 1. The Morgan fingerprint density at radius 3 is 1.42 bits per heavy atom. The summed E-state index contributed by atoms with van der Waals surface area (Å²) in [5.74, 6) is 0.877. The van der Waals surface area contributed by atoms with Crippen molar-refractivity contribution in [2.24, 2.45) is 18.4 Å². The fraction of sp³-hybridized carbons (Fsp3) is 0.607. The number of ether oxygens (including phenoxy) is 1. The van der Waals surface area contributed by atoms with Crippen molar-refractivity contribution >= 4 is 34.5 Å². The molecule has 408 valence electrons. The van der Waals surface area contributed by atoms with E-state index in [1.54, 1.807) is 42.5 Å². The topological polar surface area (TPSA) is 130 Å². The third kappa shape index (κ3) is 26.7. The third-order valence-electron chi connectivity index (χ3n) is 10.8. The second-order valence-electron chi connectivity index (χ2n) is 24.9. The number of nitrogens with zero attached hydrogens (tertiary/aromatic N) is 9. The lowest BCUT2D eigenvalue weighted by Crippen LogP contribution is -2.19. The maximum Gasteiger partial charge on any atom is 0.449 e. The zero-order valence-electron chi connectivity index (χ0n) is 47.8. The third-order valence-corrected chi connectivity index (χ3v) is 12.6. The molecule has 1 aliphatic heterocycles. The van der Waals surface area contributed by atoms with Crippen LogP contribution in [-0.2, 0) is 50.5 Å². The number of alkyl halides is 3. The molecule has 0 bridgehead atoms. The average Bonchev–Trinajstić information content (AvgIpc) is 4.10. The SMILES string of the molecule is CC(C)(C)C1CCOC1.CC(C)(C)c1ccc(Cl)nc1.CC(C)(C)c1ccno1.CC(C)(C)c1cnc(Cl)s1.CC(C)(C)c1cnccn1.CC(C)(C)c1cncnc1.Cn1cc(C(C)(C)C)nc1C(F)(F)F. The Kier molecular flexibility index (Phi) is 25.6. The normalized spacial score (nSPS) is 14.2. The van der Waals surface area contributed by atoms with Crippen LogP contribution in [0.5, 0.6) is 0 Å². The lowest BCUT2D eigenvalue weighted by atomic mass is 9.80. The van der Waals surface area contributed by atoms with Crippen molar-refractivity contribution in [1.82, 2.24) is 44.6 Å². The number of halogens is 5. The zero-order chi connectivity index (χ0) is 56.4. The molecule has 73 heavy (non-hydrogen) atoms. The summed E-state index contributed by atoms with van der Waals surface area (Å²) in [4.78, 5) is 28.9. The molecule has 1 aliphatic rings. The van der Waals surface area contributed by atoms with Gasteiger partial charge in [-0.2, -0.15) is 13.2 Å². The molecule has 0 N–H and O–H groups in total. The monoisotopic (exact) mass is 1080 g/mol. The highest BCUT2D eigenvalue weighted by molar-refractivity contribution is 7.15. The minimum atomic E-state index is -4.38. The van der Waals surface area contributed by atoms with Gasteiger partial charge in [0.2, 0.25) is 5.82 Å². The van der Waals surface area contributed by atoms with E-state index in [1.807, 2.05) is 63.8 Å². The van der Waals surface area contributed by atoms with Crippen LogP contribution >= 0.6 is 34.5 Å². The van der Waals surface area contributed by atoms with Crippen LogP contribution in [0.3, 0.4) is 0 Å². The van der Waals surface area contributed by atoms with Gasteiger partial charge in [-0.05, 0) is 51.2 Å². The minimum Gasteiger partial charge on any atom is -0.381 e. The van der Waals surface area contributed by atoms with Crippen molar-refractivity contribution in [3.63, 3.8) is 0 Å². The second-order valence-corrected chi connectivity index (χ2v) is 26.9. The molecular weight excluding hydrogens is 991 g/mol. The first-order valence-electron chi connectivity index (χ1n) is 24.4. The molecule has 6 aromatic rings. The van der Waals surface area contributed by atoms with Gasteiger partial charge in [-0.15, -0.1) is 11.3 Å². The maximum absolute atomic E-state index is 12.4. The van der Waals surface area contributed by atoms with E-state index in [2.05, 4.69) is 165 Å². The lowest BCUT2D eigenvalue weighted by Gasteiger charge is -2.24. The van der Waals surface area contributed by atoms with Crippen molar-refractivity contribution in [2.75, 3.05) is 13.2 Å². The molecule has 1 unspecified atom stereocenters. The van der Waals surface area contributed by atoms with E-state index in [0.29, 0.717) is 20.7 Å². The highest BCUT2D eigenvalue weighted by Crippen LogP contribution is 2.33. The summed E-state index contributed by atoms with van der Waals surface area (Å²) in [6.07, 6.45) is 14.1. The predicted octanol–water partition coefficient (Wildman–Crippen LogP) is 16.5. The Labute approximate surface area is 450 Å². The molecule has 1 fully saturated rings. The molecule has 6 aromatic heterocycles. The summed E-state index contributed by atoms with van der Waals surface area (Å²) in [5, 5.41) is 4.17. The van der Waals surface area contributed by atoms with Crippen LogP contribution in [0.25, 0.3) is 0 Å². The summed E-state index contributed by atoms with van der Waals surface area (Å²) in [6, 6.07) is 5.72. The Morgan fingerprint density at radius 2 is 1.16 bits per heavy atom. The number of imidazole rings is 1. The van der Waals surface area contributed by atoms with Crippen molar-refractivity contribution in [3.05, 3.63) is 129 Å². The molecule has 1 atom stereocenters. The number of hydrogen-bond donors (Lipinski definition) is 0. The molecular formula is C56H86Cl2F3N9O2S. The molecule has 0 aromatic carbocycles. The van der Waals surface area contributed by atoms with Crippen LogP contribution in [0.15, 0.2) is 84.8 Å². The van der Waals surface area contributed by atoms with Crippen molar-refractivity contribution in [2.45, 2.75) is 190 Å². The summed E-state index contributed by atoms with van der Waals surface area (Å²) in [7, 11) is 1.35. The maximum atomic E-state index is 12.4. The fourth-order valence-corrected chi connectivity index (χ4v) is 6.81. The standard InChI is InChI=1S/C9H12ClN.C9H13F3N2.2C8H12N2.C8H16O.C7H10ClNS.C7H11NO/c1-9(2,3)7-4-5-8(10)11-6-7;1-8(2,3)6-5-14(4)7(13-6)9(10,11)12;1-8(2,3)7-4-9-6-10-5-7;1-8(2,3)7-6-9-4-5-10-7;1-8(2,3)7-4-5-9-6-7;1-7(2,3)5-4-9-6(8)10-5;1-7(2,3)6-4-5-8-9-6/h4-6H,1-3H3;5H,1-4H3;2*4-6H,1-3H3;7H,4-6H2,1-3H3;4H,1-3H3;4-5H,1-3H3. The van der Waals surface area contributed by atoms with Crippen LogP contribution in [0.1, 0.15) is 191 Å². The van der Waals surface area contributed by atoms with E-state index in [0.717, 1.165) is 35.2 Å². The number of aryl methyl sites for hydroxylation is 1. The molecule has 0 radical (unpaired) electrons. The molecule has 0 saturated carbocycles. The minimum absolute atomic E-state index is 0.0938. The first kappa shape index (κ1) is 66.7. The zero-order valence-corrected chi connectivity index (χ0v) is 50.2. The summed E-state index contributed by atoms with van der Waals surface area (Å²) >= 11 is 12.9. The summed E-state index contributed by atoms with van der Waals surface area (Å²) in [5.41, 5.74) is 4.70. The van der Waals surface area contributed by atoms with Crippen LogP contribution in [0.4, 0.5) is 13.2 Å². The van der Waals surface area contributed by atoms with Gasteiger partial charge in [0, 0.05) is 97.0 Å². The largest absolute Gasteiger partial charge is 0.449 e. The van der Waals surface area contributed by atoms with Gasteiger partial charge in [-0.1, -0.05) is 180 Å². The van der Waals surface area contributed by atoms with Gasteiger partial charge in [0.25, 0.3) is 0 Å². The molecule has 0 aliphatic carbocycles. The highest BCUT2D eigenvalue weighted by atomic mass is 35.5. The molecule has 1 saturated heterocycles. The van der Waals surface area contributed by atoms with E-state index >= 15 is 0 Å². The van der Waals surface area contributed by atoms with Crippen molar-refractivity contribution in [1.29, 1.82) is 0 Å². The smallest absolute Gasteiger partial charge is 0.381 e. The fourth-order valence-electron chi connectivity index (χ4n) is 5.70. The molecule has 7 heterocycles. The summed E-state index contributed by atoms with van der Waals surface area (Å²) < 4.78 is 49.0. The Bertz CT molecular complexity index is 2360. The molecule has 7 rings (SSSR count). The van der Waals surface area contributed by atoms with E-state index in [-0.39, 0.29) is 32.5 Å². The van der Waals surface area contributed by atoms with E-state index in [1.165, 1.54) is 35.7 Å². The van der Waals surface area contributed by atoms with E-state index in [9.17, 15) is 13.2 Å². The first-order chi connectivity index (χ1) is 33.0. The molecule has 0 spiro atoms. The average molecular weight is 1080 g/mol. The van der Waals surface area contributed by atoms with E-state index in [4.69, 9.17) is 32.5 Å². The van der Waals surface area contributed by atoms with E-state index < -0.39 is 12.0 Å². The van der Waals surface area contributed by atoms with Gasteiger partial charge in [-0.3, -0.25) is 9.97 Å². The molecule has 11 nitrogen and oxygen atoms in total. The van der Waals surface area contributed by atoms with Crippen molar-refractivity contribution in [3.8, 4) is 0 Å². The van der Waals surface area contributed by atoms with Gasteiger partial charge < -0.3 is 13.8 Å². The van der Waals surface area contributed by atoms with Gasteiger partial charge in [-0.25, -0.2) is 24.9 Å². The van der Waals surface area contributed by atoms with Crippen molar-refractivity contribution < 1.29 is 22.4 Å². The van der Waals surface area contributed by atoms with Gasteiger partial charge >= 0.3 is 6.18 Å². The lowest BCUT2D eigenvalue weighted by molar-refractivity contribution is -0.146.